The van der Waals surface area contributed by atoms with Crippen LogP contribution < -0.4 is 16.6 Å². The van der Waals surface area contributed by atoms with E-state index in [-0.39, 0.29) is 0 Å². The van der Waals surface area contributed by atoms with Gasteiger partial charge in [0.1, 0.15) is 0 Å². The molecule has 12 heavy (non-hydrogen) atoms. The maximum Gasteiger partial charge on any atom is 0.0746 e. The van der Waals surface area contributed by atoms with E-state index in [1.54, 1.807) is 7.05 Å². The molecule has 0 spiro atoms. The molecule has 0 aromatic heterocycles. The van der Waals surface area contributed by atoms with E-state index in [1.165, 1.54) is 16.1 Å². The second-order valence-corrected chi connectivity index (χ2v) is 3.11. The van der Waals surface area contributed by atoms with Gasteiger partial charge < -0.3 is 10.7 Å². The van der Waals surface area contributed by atoms with Crippen molar-refractivity contribution in [1.29, 1.82) is 0 Å². The third kappa shape index (κ3) is 1.51. The van der Waals surface area contributed by atoms with Crippen molar-refractivity contribution in [2.75, 3.05) is 17.8 Å². The maximum atomic E-state index is 5.77. The molecule has 3 heteroatoms. The molecule has 0 amide bonds. The molecule has 1 aromatic carbocycles. The Labute approximate surface area is 72.9 Å². The summed E-state index contributed by atoms with van der Waals surface area (Å²) in [5, 5.41) is 1.53. The van der Waals surface area contributed by atoms with Crippen molar-refractivity contribution < 1.29 is 0 Å². The molecule has 0 unspecified atom stereocenters. The lowest BCUT2D eigenvalue weighted by Gasteiger charge is -2.16. The standard InChI is InChI=1S/C9H15N3/c1-6-4-8(10)9(12(3)11)5-7(6)2/h4-5H,10-11H2,1-3H3. The quantitative estimate of drug-likeness (QED) is 0.373. The Kier molecular flexibility index (Phi) is 2.24. The minimum Gasteiger partial charge on any atom is -0.397 e. The number of benzene rings is 1. The molecule has 1 aromatic rings. The van der Waals surface area contributed by atoms with E-state index in [4.69, 9.17) is 11.6 Å². The van der Waals surface area contributed by atoms with Crippen molar-refractivity contribution >= 4 is 11.4 Å². The van der Waals surface area contributed by atoms with E-state index >= 15 is 0 Å². The van der Waals surface area contributed by atoms with E-state index in [0.29, 0.717) is 0 Å². The van der Waals surface area contributed by atoms with E-state index in [2.05, 4.69) is 0 Å². The van der Waals surface area contributed by atoms with Crippen LogP contribution in [0.2, 0.25) is 0 Å². The minimum absolute atomic E-state index is 0.725. The molecule has 66 valence electrons. The molecule has 3 nitrogen and oxygen atoms in total. The minimum atomic E-state index is 0.725. The monoisotopic (exact) mass is 165 g/mol. The Morgan fingerprint density at radius 1 is 1.17 bits per heavy atom. The highest BCUT2D eigenvalue weighted by Gasteiger charge is 2.03. The summed E-state index contributed by atoms with van der Waals surface area (Å²) in [6.07, 6.45) is 0. The van der Waals surface area contributed by atoms with Crippen molar-refractivity contribution in [3.8, 4) is 0 Å². The van der Waals surface area contributed by atoms with Gasteiger partial charge in [-0.05, 0) is 37.1 Å². The first-order valence-electron chi connectivity index (χ1n) is 3.87. The van der Waals surface area contributed by atoms with Crippen molar-refractivity contribution in [2.45, 2.75) is 13.8 Å². The van der Waals surface area contributed by atoms with Gasteiger partial charge in [-0.3, -0.25) is 0 Å². The van der Waals surface area contributed by atoms with Gasteiger partial charge in [-0.15, -0.1) is 0 Å². The number of hydrogen-bond donors (Lipinski definition) is 2. The fourth-order valence-corrected chi connectivity index (χ4v) is 1.13. The normalized spacial score (nSPS) is 10.0. The van der Waals surface area contributed by atoms with Crippen LogP contribution in [-0.2, 0) is 0 Å². The predicted octanol–water partition coefficient (Wildman–Crippen LogP) is 1.20. The molecular formula is C9H15N3. The van der Waals surface area contributed by atoms with E-state index in [9.17, 15) is 0 Å². The van der Waals surface area contributed by atoms with Crippen molar-refractivity contribution in [2.24, 2.45) is 5.84 Å². The fraction of sp³-hybridized carbons (Fsp3) is 0.333. The first kappa shape index (κ1) is 8.87. The molecule has 4 N–H and O–H groups in total. The number of rotatable bonds is 1. The molecule has 0 saturated carbocycles. The summed E-state index contributed by atoms with van der Waals surface area (Å²) in [5.41, 5.74) is 9.77. The third-order valence-electron chi connectivity index (χ3n) is 2.02. The zero-order valence-corrected chi connectivity index (χ0v) is 7.76. The molecule has 0 radical (unpaired) electrons. The van der Waals surface area contributed by atoms with Gasteiger partial charge in [0.15, 0.2) is 0 Å². The van der Waals surface area contributed by atoms with Gasteiger partial charge in [0, 0.05) is 7.05 Å². The topological polar surface area (TPSA) is 55.3 Å². The molecule has 0 aliphatic rings. The lowest BCUT2D eigenvalue weighted by Crippen LogP contribution is -2.26. The molecule has 0 aliphatic carbocycles. The van der Waals surface area contributed by atoms with Crippen molar-refractivity contribution in [1.82, 2.24) is 0 Å². The lowest BCUT2D eigenvalue weighted by atomic mass is 10.1. The first-order valence-corrected chi connectivity index (χ1v) is 3.87. The van der Waals surface area contributed by atoms with Crippen molar-refractivity contribution in [3.63, 3.8) is 0 Å². The van der Waals surface area contributed by atoms with Gasteiger partial charge in [0.2, 0.25) is 0 Å². The van der Waals surface area contributed by atoms with Crippen LogP contribution in [0.15, 0.2) is 12.1 Å². The van der Waals surface area contributed by atoms with Crippen LogP contribution >= 0.6 is 0 Å². The SMILES string of the molecule is Cc1cc(N)c(N(C)N)cc1C. The second kappa shape index (κ2) is 3.03. The number of nitrogen functional groups attached to an aromatic ring is 1. The van der Waals surface area contributed by atoms with Crippen LogP contribution in [0.4, 0.5) is 11.4 Å². The van der Waals surface area contributed by atoms with Gasteiger partial charge >= 0.3 is 0 Å². The first-order chi connectivity index (χ1) is 5.52. The predicted molar refractivity (Wildman–Crippen MR) is 52.9 cm³/mol. The highest BCUT2D eigenvalue weighted by Crippen LogP contribution is 2.23. The number of nitrogens with two attached hydrogens (primary N) is 2. The van der Waals surface area contributed by atoms with Crippen molar-refractivity contribution in [3.05, 3.63) is 23.3 Å². The molecular weight excluding hydrogens is 150 g/mol. The van der Waals surface area contributed by atoms with Crippen LogP contribution in [-0.4, -0.2) is 7.05 Å². The number of hydrazine groups is 1. The number of aryl methyl sites for hydroxylation is 2. The van der Waals surface area contributed by atoms with E-state index < -0.39 is 0 Å². The van der Waals surface area contributed by atoms with E-state index in [0.717, 1.165) is 11.4 Å². The van der Waals surface area contributed by atoms with Crippen LogP contribution in [0.3, 0.4) is 0 Å². The van der Waals surface area contributed by atoms with E-state index in [1.807, 2.05) is 26.0 Å². The second-order valence-electron chi connectivity index (χ2n) is 3.11. The zero-order valence-electron chi connectivity index (χ0n) is 7.76. The van der Waals surface area contributed by atoms with Gasteiger partial charge in [-0.1, -0.05) is 0 Å². The molecule has 0 saturated heterocycles. The zero-order chi connectivity index (χ0) is 9.30. The molecule has 0 fully saturated rings. The van der Waals surface area contributed by atoms with Gasteiger partial charge in [-0.25, -0.2) is 5.84 Å². The third-order valence-corrected chi connectivity index (χ3v) is 2.02. The summed E-state index contributed by atoms with van der Waals surface area (Å²) in [6, 6.07) is 3.93. The molecule has 1 rings (SSSR count). The van der Waals surface area contributed by atoms with Crippen LogP contribution in [0.5, 0.6) is 0 Å². The summed E-state index contributed by atoms with van der Waals surface area (Å²) >= 11 is 0. The smallest absolute Gasteiger partial charge is 0.0746 e. The molecule has 0 bridgehead atoms. The highest BCUT2D eigenvalue weighted by molar-refractivity contribution is 5.68. The molecule has 0 aliphatic heterocycles. The number of hydrogen-bond acceptors (Lipinski definition) is 3. The average Bonchev–Trinajstić information content (AvgIpc) is 1.96. The summed E-state index contributed by atoms with van der Waals surface area (Å²) in [6.45, 7) is 4.08. The Balaban J connectivity index is 3.23. The number of nitrogens with zero attached hydrogens (tertiary/aromatic N) is 1. The Hall–Kier alpha value is -1.22. The van der Waals surface area contributed by atoms with Gasteiger partial charge in [0.25, 0.3) is 0 Å². The summed E-state index contributed by atoms with van der Waals surface area (Å²) in [5.74, 6) is 5.59. The van der Waals surface area contributed by atoms with Crippen LogP contribution in [0, 0.1) is 13.8 Å². The average molecular weight is 165 g/mol. The Morgan fingerprint density at radius 3 is 2.17 bits per heavy atom. The summed E-state index contributed by atoms with van der Waals surface area (Å²) in [4.78, 5) is 0. The fourth-order valence-electron chi connectivity index (χ4n) is 1.13. The largest absolute Gasteiger partial charge is 0.397 e. The molecule has 0 heterocycles. The maximum absolute atomic E-state index is 5.77. The highest BCUT2D eigenvalue weighted by atomic mass is 15.4. The van der Waals surface area contributed by atoms with Crippen LogP contribution in [0.25, 0.3) is 0 Å². The Morgan fingerprint density at radius 2 is 1.67 bits per heavy atom. The Bertz CT molecular complexity index is 292. The number of anilines is 2. The molecule has 0 atom stereocenters. The lowest BCUT2D eigenvalue weighted by molar-refractivity contribution is 1.02. The van der Waals surface area contributed by atoms with Gasteiger partial charge in [0.05, 0.1) is 11.4 Å². The van der Waals surface area contributed by atoms with Crippen LogP contribution in [0.1, 0.15) is 11.1 Å². The summed E-state index contributed by atoms with van der Waals surface area (Å²) < 4.78 is 0. The summed E-state index contributed by atoms with van der Waals surface area (Å²) in [7, 11) is 1.78. The van der Waals surface area contributed by atoms with Gasteiger partial charge in [-0.2, -0.15) is 0 Å².